The van der Waals surface area contributed by atoms with Crippen LogP contribution in [0.3, 0.4) is 0 Å². The van der Waals surface area contributed by atoms with Crippen molar-refractivity contribution in [3.05, 3.63) is 33.0 Å². The minimum atomic E-state index is -0.411. The molecular formula is C14H19N7O2S. The normalized spacial score (nSPS) is 11.5. The molecule has 0 aliphatic rings. The lowest BCUT2D eigenvalue weighted by Crippen LogP contribution is -2.31. The predicted molar refractivity (Wildman–Crippen MR) is 91.1 cm³/mol. The fourth-order valence-corrected chi connectivity index (χ4v) is 3.35. The summed E-state index contributed by atoms with van der Waals surface area (Å²) < 4.78 is 5.09. The quantitative estimate of drug-likeness (QED) is 0.655. The first-order chi connectivity index (χ1) is 11.5. The van der Waals surface area contributed by atoms with Crippen LogP contribution in [0.1, 0.15) is 25.6 Å². The number of H-pyrrole nitrogens is 1. The van der Waals surface area contributed by atoms with Gasteiger partial charge in [-0.2, -0.15) is 0 Å². The average molecular weight is 349 g/mol. The van der Waals surface area contributed by atoms with E-state index in [1.165, 1.54) is 16.3 Å². The van der Waals surface area contributed by atoms with Crippen molar-refractivity contribution in [2.24, 2.45) is 14.1 Å². The van der Waals surface area contributed by atoms with Gasteiger partial charge < -0.3 is 9.13 Å². The molecule has 0 bridgehead atoms. The topological polar surface area (TPSA) is 103 Å². The van der Waals surface area contributed by atoms with E-state index < -0.39 is 11.2 Å². The third kappa shape index (κ3) is 2.88. The molecule has 0 aliphatic heterocycles. The van der Waals surface area contributed by atoms with E-state index in [2.05, 4.69) is 27.1 Å². The van der Waals surface area contributed by atoms with Crippen LogP contribution in [-0.2, 0) is 26.4 Å². The van der Waals surface area contributed by atoms with Gasteiger partial charge in [0.25, 0.3) is 5.56 Å². The second-order valence-electron chi connectivity index (χ2n) is 5.54. The van der Waals surface area contributed by atoms with Crippen molar-refractivity contribution in [1.82, 2.24) is 33.9 Å². The van der Waals surface area contributed by atoms with E-state index in [9.17, 15) is 9.59 Å². The summed E-state index contributed by atoms with van der Waals surface area (Å²) in [6.45, 7) is 2.59. The van der Waals surface area contributed by atoms with E-state index in [4.69, 9.17) is 0 Å². The number of aromatic nitrogens is 7. The van der Waals surface area contributed by atoms with Gasteiger partial charge in [-0.25, -0.2) is 9.78 Å². The van der Waals surface area contributed by atoms with E-state index in [0.717, 1.165) is 18.0 Å². The Hall–Kier alpha value is -2.36. The fourth-order valence-electron chi connectivity index (χ4n) is 2.48. The molecule has 1 N–H and O–H groups in total. The molecule has 3 heterocycles. The molecule has 3 aromatic heterocycles. The SMILES string of the molecule is CCCCn1c(=O)[nH]c(=O)c2c1nc(CSc1nncn1C)n2C. The maximum atomic E-state index is 12.2. The first kappa shape index (κ1) is 16.5. The Kier molecular flexibility index (Phi) is 4.56. The molecule has 0 radical (unpaired) electrons. The van der Waals surface area contributed by atoms with Gasteiger partial charge in [-0.15, -0.1) is 10.2 Å². The molecule has 0 aliphatic carbocycles. The lowest BCUT2D eigenvalue weighted by atomic mass is 10.3. The Labute approximate surface area is 141 Å². The minimum absolute atomic E-state index is 0.410. The summed E-state index contributed by atoms with van der Waals surface area (Å²) in [7, 11) is 3.65. The molecule has 3 rings (SSSR count). The third-order valence-corrected chi connectivity index (χ3v) is 4.87. The molecule has 128 valence electrons. The monoisotopic (exact) mass is 349 g/mol. The number of nitrogens with one attached hydrogen (secondary N) is 1. The zero-order valence-corrected chi connectivity index (χ0v) is 14.6. The minimum Gasteiger partial charge on any atom is -0.325 e. The highest BCUT2D eigenvalue weighted by Gasteiger charge is 2.17. The zero-order valence-electron chi connectivity index (χ0n) is 13.8. The van der Waals surface area contributed by atoms with Crippen LogP contribution in [0.2, 0.25) is 0 Å². The molecule has 0 aromatic carbocycles. The van der Waals surface area contributed by atoms with Crippen LogP contribution in [0.5, 0.6) is 0 Å². The first-order valence-corrected chi connectivity index (χ1v) is 8.66. The Morgan fingerprint density at radius 3 is 2.75 bits per heavy atom. The maximum Gasteiger partial charge on any atom is 0.330 e. The predicted octanol–water partition coefficient (Wildman–Crippen LogP) is 0.644. The molecule has 0 amide bonds. The number of hydrogen-bond acceptors (Lipinski definition) is 6. The number of hydrogen-bond donors (Lipinski definition) is 1. The van der Waals surface area contributed by atoms with Gasteiger partial charge in [-0.05, 0) is 6.42 Å². The number of nitrogens with zero attached hydrogens (tertiary/aromatic N) is 6. The standard InChI is InChI=1S/C14H19N7O2S/c1-4-5-6-21-11-10(12(22)17-13(21)23)20(3)9(16-11)7-24-14-18-15-8-19(14)2/h8H,4-7H2,1-3H3,(H,17,22,23). The first-order valence-electron chi connectivity index (χ1n) is 7.68. The van der Waals surface area contributed by atoms with Gasteiger partial charge in [0.05, 0.1) is 5.75 Å². The summed E-state index contributed by atoms with van der Waals surface area (Å²) in [6.07, 6.45) is 3.43. The zero-order chi connectivity index (χ0) is 17.3. The van der Waals surface area contributed by atoms with Crippen molar-refractivity contribution in [2.75, 3.05) is 0 Å². The van der Waals surface area contributed by atoms with Gasteiger partial charge in [0, 0.05) is 20.6 Å². The lowest BCUT2D eigenvalue weighted by Gasteiger charge is -2.04. The van der Waals surface area contributed by atoms with E-state index >= 15 is 0 Å². The maximum absolute atomic E-state index is 12.2. The Morgan fingerprint density at radius 2 is 2.08 bits per heavy atom. The van der Waals surface area contributed by atoms with Crippen LogP contribution < -0.4 is 11.2 Å². The molecule has 9 nitrogen and oxygen atoms in total. The van der Waals surface area contributed by atoms with Crippen molar-refractivity contribution in [1.29, 1.82) is 0 Å². The molecule has 10 heteroatoms. The van der Waals surface area contributed by atoms with Gasteiger partial charge in [-0.1, -0.05) is 25.1 Å². The molecule has 3 aromatic rings. The van der Waals surface area contributed by atoms with Crippen LogP contribution in [-0.4, -0.2) is 33.9 Å². The summed E-state index contributed by atoms with van der Waals surface area (Å²) in [5, 5.41) is 8.62. The second kappa shape index (κ2) is 6.63. The highest BCUT2D eigenvalue weighted by molar-refractivity contribution is 7.98. The van der Waals surface area contributed by atoms with Gasteiger partial charge in [0.1, 0.15) is 12.2 Å². The largest absolute Gasteiger partial charge is 0.330 e. The van der Waals surface area contributed by atoms with E-state index in [0.29, 0.717) is 29.3 Å². The van der Waals surface area contributed by atoms with Crippen molar-refractivity contribution in [2.45, 2.75) is 37.2 Å². The van der Waals surface area contributed by atoms with Gasteiger partial charge in [0.2, 0.25) is 0 Å². The van der Waals surface area contributed by atoms with Crippen molar-refractivity contribution >= 4 is 22.9 Å². The second-order valence-corrected chi connectivity index (χ2v) is 6.48. The van der Waals surface area contributed by atoms with Crippen LogP contribution >= 0.6 is 11.8 Å². The van der Waals surface area contributed by atoms with Crippen molar-refractivity contribution in [3.63, 3.8) is 0 Å². The number of aryl methyl sites for hydroxylation is 3. The van der Waals surface area contributed by atoms with Crippen molar-refractivity contribution in [3.8, 4) is 0 Å². The summed E-state index contributed by atoms with van der Waals surface area (Å²) in [5.74, 6) is 1.23. The van der Waals surface area contributed by atoms with Crippen LogP contribution in [0.4, 0.5) is 0 Å². The molecule has 0 saturated heterocycles. The Bertz CT molecular complexity index is 981. The van der Waals surface area contributed by atoms with E-state index in [-0.39, 0.29) is 0 Å². The van der Waals surface area contributed by atoms with Crippen LogP contribution in [0.15, 0.2) is 21.1 Å². The number of imidazole rings is 1. The number of rotatable bonds is 6. The highest BCUT2D eigenvalue weighted by atomic mass is 32.2. The van der Waals surface area contributed by atoms with E-state index in [1.807, 2.05) is 11.6 Å². The van der Waals surface area contributed by atoms with E-state index in [1.54, 1.807) is 17.9 Å². The number of aromatic amines is 1. The molecule has 24 heavy (non-hydrogen) atoms. The fraction of sp³-hybridized carbons (Fsp3) is 0.500. The number of fused-ring (bicyclic) bond motifs is 1. The van der Waals surface area contributed by atoms with Gasteiger partial charge in [-0.3, -0.25) is 14.3 Å². The Balaban J connectivity index is 2.02. The summed E-state index contributed by atoms with van der Waals surface area (Å²) in [4.78, 5) is 31.2. The summed E-state index contributed by atoms with van der Waals surface area (Å²) in [6, 6.07) is 0. The average Bonchev–Trinajstić information content (AvgIpc) is 3.09. The molecule has 0 unspecified atom stereocenters. The highest BCUT2D eigenvalue weighted by Crippen LogP contribution is 2.21. The molecule has 0 fully saturated rings. The van der Waals surface area contributed by atoms with Crippen molar-refractivity contribution < 1.29 is 0 Å². The Morgan fingerprint density at radius 1 is 1.29 bits per heavy atom. The van der Waals surface area contributed by atoms with Gasteiger partial charge >= 0.3 is 5.69 Å². The molecule has 0 saturated carbocycles. The van der Waals surface area contributed by atoms with Crippen LogP contribution in [0.25, 0.3) is 11.2 Å². The molecule has 0 spiro atoms. The lowest BCUT2D eigenvalue weighted by molar-refractivity contribution is 0.613. The number of unbranched alkanes of at least 4 members (excludes halogenated alkanes) is 1. The smallest absolute Gasteiger partial charge is 0.325 e. The summed E-state index contributed by atoms with van der Waals surface area (Å²) >= 11 is 1.48. The molecule has 0 atom stereocenters. The van der Waals surface area contributed by atoms with Gasteiger partial charge in [0.15, 0.2) is 16.3 Å². The summed E-state index contributed by atoms with van der Waals surface area (Å²) in [5.41, 5.74) is 0.0340. The molecular weight excluding hydrogens is 330 g/mol. The number of thioether (sulfide) groups is 1. The third-order valence-electron chi connectivity index (χ3n) is 3.84. The van der Waals surface area contributed by atoms with Crippen LogP contribution in [0, 0.1) is 0 Å².